The molecule has 5 heteroatoms. The van der Waals surface area contributed by atoms with Crippen LogP contribution >= 0.6 is 22.6 Å². The minimum absolute atomic E-state index is 0.573. The van der Waals surface area contributed by atoms with Crippen molar-refractivity contribution >= 4 is 39.3 Å². The molecule has 0 spiro atoms. The fourth-order valence-corrected chi connectivity index (χ4v) is 2.91. The summed E-state index contributed by atoms with van der Waals surface area (Å²) in [4.78, 5) is 0. The Labute approximate surface area is 116 Å². The molecule has 86 valence electrons. The Morgan fingerprint density at radius 2 is 1.56 bits per heavy atom. The van der Waals surface area contributed by atoms with Crippen LogP contribution in [-0.2, 0) is 0 Å². The van der Waals surface area contributed by atoms with E-state index in [1.54, 1.807) is 0 Å². The normalized spacial score (nSPS) is 12.8. The van der Waals surface area contributed by atoms with Crippen molar-refractivity contribution in [2.24, 2.45) is 0 Å². The number of nitrogens with one attached hydrogen (secondary N) is 2. The summed E-state index contributed by atoms with van der Waals surface area (Å²) in [7, 11) is 0. The highest BCUT2D eigenvalue weighted by molar-refractivity contribution is 14.1. The fraction of sp³-hybridized carbons (Fsp3) is 0. The molecule has 4 rings (SSSR count). The topological polar surface area (TPSA) is 65.4 Å². The summed E-state index contributed by atoms with van der Waals surface area (Å²) in [5.41, 5.74) is 6.34. The van der Waals surface area contributed by atoms with Gasteiger partial charge in [0.2, 0.25) is 0 Å². The van der Waals surface area contributed by atoms with Crippen molar-refractivity contribution in [1.82, 2.24) is 15.4 Å². The zero-order chi connectivity index (χ0) is 12.3. The lowest BCUT2D eigenvalue weighted by Crippen LogP contribution is -1.95. The SMILES string of the molecule is N=C1c2cc(I)ccc2-c2cc3n[nH]nc3cc21. The third-order valence-electron chi connectivity index (χ3n) is 3.27. The minimum Gasteiger partial charge on any atom is -0.300 e. The predicted molar refractivity (Wildman–Crippen MR) is 78.0 cm³/mol. The van der Waals surface area contributed by atoms with Crippen LogP contribution in [-0.4, -0.2) is 21.1 Å². The number of H-pyrrole nitrogens is 1. The van der Waals surface area contributed by atoms with Crippen LogP contribution in [0.4, 0.5) is 0 Å². The Bertz CT molecular complexity index is 819. The number of nitrogens with zero attached hydrogens (tertiary/aromatic N) is 2. The quantitative estimate of drug-likeness (QED) is 0.481. The molecular weight excluding hydrogens is 339 g/mol. The second-order valence-electron chi connectivity index (χ2n) is 4.28. The molecule has 0 bridgehead atoms. The first-order chi connectivity index (χ1) is 8.74. The molecule has 0 fully saturated rings. The Kier molecular flexibility index (Phi) is 1.91. The maximum absolute atomic E-state index is 8.28. The zero-order valence-electron chi connectivity index (χ0n) is 9.16. The van der Waals surface area contributed by atoms with Crippen LogP contribution in [0.15, 0.2) is 30.3 Å². The molecule has 3 aromatic rings. The van der Waals surface area contributed by atoms with Crippen molar-refractivity contribution in [3.05, 3.63) is 45.0 Å². The van der Waals surface area contributed by atoms with Gasteiger partial charge in [0.1, 0.15) is 11.0 Å². The molecule has 0 radical (unpaired) electrons. The zero-order valence-corrected chi connectivity index (χ0v) is 11.3. The van der Waals surface area contributed by atoms with Gasteiger partial charge in [0.05, 0.1) is 5.71 Å². The van der Waals surface area contributed by atoms with Gasteiger partial charge in [-0.15, -0.1) is 0 Å². The summed E-state index contributed by atoms with van der Waals surface area (Å²) in [6.45, 7) is 0. The van der Waals surface area contributed by atoms with Gasteiger partial charge in [0, 0.05) is 14.7 Å². The van der Waals surface area contributed by atoms with Crippen molar-refractivity contribution in [3.63, 3.8) is 0 Å². The molecule has 0 saturated heterocycles. The molecule has 1 aliphatic rings. The van der Waals surface area contributed by atoms with Crippen molar-refractivity contribution in [1.29, 1.82) is 5.41 Å². The van der Waals surface area contributed by atoms with E-state index < -0.39 is 0 Å². The van der Waals surface area contributed by atoms with Crippen LogP contribution in [0.25, 0.3) is 22.2 Å². The molecule has 2 aromatic carbocycles. The number of hydrogen-bond acceptors (Lipinski definition) is 3. The lowest BCUT2D eigenvalue weighted by Gasteiger charge is -1.99. The predicted octanol–water partition coefficient (Wildman–Crippen LogP) is 2.96. The number of halogens is 1. The van der Waals surface area contributed by atoms with Gasteiger partial charge in [-0.05, 0) is 58.0 Å². The van der Waals surface area contributed by atoms with Crippen LogP contribution in [0.2, 0.25) is 0 Å². The molecule has 2 N–H and O–H groups in total. The van der Waals surface area contributed by atoms with E-state index in [-0.39, 0.29) is 0 Å². The molecule has 1 aliphatic carbocycles. The van der Waals surface area contributed by atoms with Crippen LogP contribution in [0.1, 0.15) is 11.1 Å². The molecule has 4 nitrogen and oxygen atoms in total. The van der Waals surface area contributed by atoms with E-state index >= 15 is 0 Å². The minimum atomic E-state index is 0.573. The largest absolute Gasteiger partial charge is 0.300 e. The summed E-state index contributed by atoms with van der Waals surface area (Å²) in [5.74, 6) is 0. The van der Waals surface area contributed by atoms with Gasteiger partial charge in [-0.3, -0.25) is 5.41 Å². The van der Waals surface area contributed by atoms with Crippen LogP contribution in [0.3, 0.4) is 0 Å². The Hall–Kier alpha value is -1.76. The number of rotatable bonds is 0. The van der Waals surface area contributed by atoms with E-state index in [0.29, 0.717) is 5.71 Å². The smallest absolute Gasteiger partial charge is 0.113 e. The summed E-state index contributed by atoms with van der Waals surface area (Å²) < 4.78 is 1.15. The molecule has 0 unspecified atom stereocenters. The van der Waals surface area contributed by atoms with Crippen LogP contribution in [0, 0.1) is 8.98 Å². The number of fused-ring (bicyclic) bond motifs is 4. The Morgan fingerprint density at radius 1 is 0.889 bits per heavy atom. The second kappa shape index (κ2) is 3.38. The van der Waals surface area contributed by atoms with Crippen molar-refractivity contribution in [3.8, 4) is 11.1 Å². The van der Waals surface area contributed by atoms with Crippen molar-refractivity contribution < 1.29 is 0 Å². The molecular formula is C13H7IN4. The third kappa shape index (κ3) is 1.22. The molecule has 1 aromatic heterocycles. The van der Waals surface area contributed by atoms with Crippen LogP contribution < -0.4 is 0 Å². The van der Waals surface area contributed by atoms with Crippen molar-refractivity contribution in [2.45, 2.75) is 0 Å². The summed E-state index contributed by atoms with van der Waals surface area (Å²) in [6.07, 6.45) is 0. The van der Waals surface area contributed by atoms with Gasteiger partial charge >= 0.3 is 0 Å². The maximum Gasteiger partial charge on any atom is 0.113 e. The number of benzene rings is 2. The van der Waals surface area contributed by atoms with Gasteiger partial charge in [-0.1, -0.05) is 6.07 Å². The monoisotopic (exact) mass is 346 g/mol. The third-order valence-corrected chi connectivity index (χ3v) is 3.94. The second-order valence-corrected chi connectivity index (χ2v) is 5.52. The van der Waals surface area contributed by atoms with Gasteiger partial charge < -0.3 is 0 Å². The number of hydrogen-bond donors (Lipinski definition) is 2. The number of aromatic amines is 1. The highest BCUT2D eigenvalue weighted by Gasteiger charge is 2.24. The average Bonchev–Trinajstić information content (AvgIpc) is 2.92. The maximum atomic E-state index is 8.28. The molecule has 0 saturated carbocycles. The van der Waals surface area contributed by atoms with E-state index in [4.69, 9.17) is 5.41 Å². The molecule has 18 heavy (non-hydrogen) atoms. The van der Waals surface area contributed by atoms with E-state index in [0.717, 1.165) is 36.9 Å². The highest BCUT2D eigenvalue weighted by atomic mass is 127. The summed E-state index contributed by atoms with van der Waals surface area (Å²) in [6, 6.07) is 10.1. The fourth-order valence-electron chi connectivity index (χ4n) is 2.42. The van der Waals surface area contributed by atoms with Crippen molar-refractivity contribution in [2.75, 3.05) is 0 Å². The van der Waals surface area contributed by atoms with E-state index in [1.165, 1.54) is 0 Å². The van der Waals surface area contributed by atoms with E-state index in [2.05, 4.69) is 56.2 Å². The van der Waals surface area contributed by atoms with Gasteiger partial charge in [0.25, 0.3) is 0 Å². The number of aromatic nitrogens is 3. The van der Waals surface area contributed by atoms with Crippen LogP contribution in [0.5, 0.6) is 0 Å². The van der Waals surface area contributed by atoms with Gasteiger partial charge in [-0.25, -0.2) is 0 Å². The highest BCUT2D eigenvalue weighted by Crippen LogP contribution is 2.38. The van der Waals surface area contributed by atoms with Gasteiger partial charge in [0.15, 0.2) is 0 Å². The standard InChI is InChI=1S/C13H7IN4/c14-6-1-2-7-8-4-11-12(17-18-16-11)5-10(8)13(15)9(7)3-6/h1-5,15H,(H,16,17,18). The van der Waals surface area contributed by atoms with Gasteiger partial charge in [-0.2, -0.15) is 15.4 Å². The Balaban J connectivity index is 2.12. The van der Waals surface area contributed by atoms with E-state index in [9.17, 15) is 0 Å². The Morgan fingerprint density at radius 3 is 2.33 bits per heavy atom. The summed E-state index contributed by atoms with van der Waals surface area (Å²) >= 11 is 2.27. The molecule has 0 amide bonds. The first-order valence-electron chi connectivity index (χ1n) is 5.48. The molecule has 1 heterocycles. The molecule has 0 atom stereocenters. The van der Waals surface area contributed by atoms with E-state index in [1.807, 2.05) is 12.1 Å². The first kappa shape index (κ1) is 10.2. The first-order valence-corrected chi connectivity index (χ1v) is 6.55. The summed E-state index contributed by atoms with van der Waals surface area (Å²) in [5, 5.41) is 19.1. The lowest BCUT2D eigenvalue weighted by atomic mass is 10.1. The molecule has 0 aliphatic heterocycles. The average molecular weight is 346 g/mol. The lowest BCUT2D eigenvalue weighted by molar-refractivity contribution is 0.959.